The van der Waals surface area contributed by atoms with E-state index in [-0.39, 0.29) is 28.9 Å². The molecule has 7 nitrogen and oxygen atoms in total. The topological polar surface area (TPSA) is 85.2 Å². The molecule has 0 bridgehead atoms. The van der Waals surface area contributed by atoms with Crippen LogP contribution in [-0.4, -0.2) is 51.3 Å². The van der Waals surface area contributed by atoms with Gasteiger partial charge in [-0.2, -0.15) is 0 Å². The molecule has 134 valence electrons. The molecule has 0 radical (unpaired) electrons. The average molecular weight is 367 g/mol. The number of nitrogens with one attached hydrogen (secondary N) is 2. The maximum absolute atomic E-state index is 12.4. The van der Waals surface area contributed by atoms with E-state index < -0.39 is 10.0 Å². The molecule has 0 saturated carbocycles. The molecule has 2 rings (SSSR count). The van der Waals surface area contributed by atoms with Gasteiger partial charge in [0, 0.05) is 31.3 Å². The predicted molar refractivity (Wildman–Crippen MR) is 91.5 cm³/mol. The van der Waals surface area contributed by atoms with Crippen LogP contribution in [0.25, 0.3) is 0 Å². The van der Waals surface area contributed by atoms with Crippen LogP contribution in [0.1, 0.15) is 32.7 Å². The fourth-order valence-corrected chi connectivity index (χ4v) is 3.79. The third-order valence-corrected chi connectivity index (χ3v) is 5.49. The molecule has 0 aromatic carbocycles. The molecule has 23 heavy (non-hydrogen) atoms. The Hall–Kier alpha value is -0.670. The average Bonchev–Trinajstić information content (AvgIpc) is 2.98. The van der Waals surface area contributed by atoms with Crippen LogP contribution in [0.15, 0.2) is 17.6 Å². The number of aromatic nitrogens is 2. The Kier molecular flexibility index (Phi) is 7.47. The summed E-state index contributed by atoms with van der Waals surface area (Å²) in [4.78, 5) is 4.01. The molecule has 0 atom stereocenters. The molecule has 1 fully saturated rings. The highest BCUT2D eigenvalue weighted by molar-refractivity contribution is 7.89. The quantitative estimate of drug-likeness (QED) is 0.756. The normalized spacial score (nSPS) is 17.9. The van der Waals surface area contributed by atoms with Crippen molar-refractivity contribution < 1.29 is 13.2 Å². The Morgan fingerprint density at radius 3 is 2.61 bits per heavy atom. The third kappa shape index (κ3) is 5.15. The number of piperidine rings is 1. The largest absolute Gasteiger partial charge is 0.384 e. The summed E-state index contributed by atoms with van der Waals surface area (Å²) >= 11 is 0. The number of rotatable bonds is 7. The lowest BCUT2D eigenvalue weighted by Gasteiger charge is -2.37. The summed E-state index contributed by atoms with van der Waals surface area (Å²) in [6.07, 6.45) is 4.90. The molecule has 2 N–H and O–H groups in total. The molecular weight excluding hydrogens is 340 g/mol. The molecule has 0 unspecified atom stereocenters. The number of sulfonamides is 1. The Balaban J connectivity index is 0.00000264. The highest BCUT2D eigenvalue weighted by atomic mass is 35.5. The second-order valence-electron chi connectivity index (χ2n) is 6.26. The lowest BCUT2D eigenvalue weighted by Crippen LogP contribution is -2.47. The van der Waals surface area contributed by atoms with E-state index in [4.69, 9.17) is 4.74 Å². The van der Waals surface area contributed by atoms with Crippen molar-refractivity contribution >= 4 is 22.4 Å². The fourth-order valence-electron chi connectivity index (χ4n) is 2.70. The van der Waals surface area contributed by atoms with Crippen LogP contribution in [-0.2, 0) is 14.8 Å². The van der Waals surface area contributed by atoms with Crippen LogP contribution >= 0.6 is 12.4 Å². The van der Waals surface area contributed by atoms with Gasteiger partial charge in [0.25, 0.3) is 10.0 Å². The molecule has 0 amide bonds. The van der Waals surface area contributed by atoms with Gasteiger partial charge in [-0.25, -0.2) is 18.1 Å². The zero-order valence-corrected chi connectivity index (χ0v) is 15.5. The molecular formula is C14H27ClN4O3S. The summed E-state index contributed by atoms with van der Waals surface area (Å²) in [5, 5.41) is 3.37. The zero-order valence-electron chi connectivity index (χ0n) is 13.9. The molecule has 0 aliphatic carbocycles. The van der Waals surface area contributed by atoms with Crippen molar-refractivity contribution in [3.05, 3.63) is 12.5 Å². The van der Waals surface area contributed by atoms with Crippen LogP contribution in [0.4, 0.5) is 0 Å². The summed E-state index contributed by atoms with van der Waals surface area (Å²) in [5.41, 5.74) is -0.145. The van der Waals surface area contributed by atoms with E-state index in [0.717, 1.165) is 25.9 Å². The van der Waals surface area contributed by atoms with Crippen molar-refractivity contribution in [1.29, 1.82) is 0 Å². The van der Waals surface area contributed by atoms with Gasteiger partial charge in [0.15, 0.2) is 5.03 Å². The molecule has 1 aliphatic rings. The highest BCUT2D eigenvalue weighted by Gasteiger charge is 2.34. The number of methoxy groups -OCH3 is 1. The lowest BCUT2D eigenvalue weighted by atomic mass is 9.80. The SMILES string of the molecule is COCC1(CNS(=O)(=O)c2cn(C(C)C)cn2)CCNCC1.Cl. The van der Waals surface area contributed by atoms with E-state index in [2.05, 4.69) is 15.0 Å². The molecule has 2 heterocycles. The minimum Gasteiger partial charge on any atom is -0.384 e. The van der Waals surface area contributed by atoms with Crippen molar-refractivity contribution in [1.82, 2.24) is 19.6 Å². The summed E-state index contributed by atoms with van der Waals surface area (Å²) in [6, 6.07) is 0.181. The summed E-state index contributed by atoms with van der Waals surface area (Å²) in [7, 11) is -1.93. The molecule has 0 spiro atoms. The zero-order chi connectivity index (χ0) is 16.2. The van der Waals surface area contributed by atoms with Gasteiger partial charge in [-0.3, -0.25) is 0 Å². The first-order chi connectivity index (χ1) is 10.4. The van der Waals surface area contributed by atoms with E-state index in [9.17, 15) is 8.42 Å². The maximum atomic E-state index is 12.4. The first-order valence-electron chi connectivity index (χ1n) is 7.61. The second kappa shape index (κ2) is 8.43. The van der Waals surface area contributed by atoms with Crippen molar-refractivity contribution in [2.45, 2.75) is 37.8 Å². The van der Waals surface area contributed by atoms with Crippen molar-refractivity contribution in [2.24, 2.45) is 5.41 Å². The third-order valence-electron chi connectivity index (χ3n) is 4.20. The number of halogens is 1. The number of hydrogen-bond donors (Lipinski definition) is 2. The van der Waals surface area contributed by atoms with Gasteiger partial charge in [-0.05, 0) is 39.8 Å². The summed E-state index contributed by atoms with van der Waals surface area (Å²) in [5.74, 6) is 0. The Labute approximate surface area is 144 Å². The van der Waals surface area contributed by atoms with Gasteiger partial charge in [0.1, 0.15) is 0 Å². The summed E-state index contributed by atoms with van der Waals surface area (Å²) in [6.45, 7) is 6.65. The van der Waals surface area contributed by atoms with Crippen molar-refractivity contribution in [2.75, 3.05) is 33.4 Å². The molecule has 1 aromatic rings. The van der Waals surface area contributed by atoms with Gasteiger partial charge in [0.2, 0.25) is 0 Å². The smallest absolute Gasteiger partial charge is 0.259 e. The van der Waals surface area contributed by atoms with Crippen LogP contribution in [0, 0.1) is 5.41 Å². The second-order valence-corrected chi connectivity index (χ2v) is 7.97. The number of nitrogens with zero attached hydrogens (tertiary/aromatic N) is 2. The number of hydrogen-bond acceptors (Lipinski definition) is 5. The van der Waals surface area contributed by atoms with E-state index in [1.54, 1.807) is 24.2 Å². The van der Waals surface area contributed by atoms with Crippen LogP contribution in [0.2, 0.25) is 0 Å². The molecule has 9 heteroatoms. The van der Waals surface area contributed by atoms with Crippen molar-refractivity contribution in [3.8, 4) is 0 Å². The van der Waals surface area contributed by atoms with Crippen LogP contribution < -0.4 is 10.0 Å². The maximum Gasteiger partial charge on any atom is 0.259 e. The van der Waals surface area contributed by atoms with Gasteiger partial charge in [-0.1, -0.05) is 0 Å². The molecule has 1 aromatic heterocycles. The van der Waals surface area contributed by atoms with Crippen LogP contribution in [0.3, 0.4) is 0 Å². The first kappa shape index (κ1) is 20.4. The Bertz CT molecular complexity index is 577. The predicted octanol–water partition coefficient (Wildman–Crippen LogP) is 1.18. The van der Waals surface area contributed by atoms with Gasteiger partial charge >= 0.3 is 0 Å². The Morgan fingerprint density at radius 2 is 2.09 bits per heavy atom. The Morgan fingerprint density at radius 1 is 1.43 bits per heavy atom. The van der Waals surface area contributed by atoms with Gasteiger partial charge < -0.3 is 14.6 Å². The highest BCUT2D eigenvalue weighted by Crippen LogP contribution is 2.28. The van der Waals surface area contributed by atoms with E-state index in [1.165, 1.54) is 0 Å². The fraction of sp³-hybridized carbons (Fsp3) is 0.786. The van der Waals surface area contributed by atoms with Gasteiger partial charge in [0.05, 0.1) is 12.9 Å². The van der Waals surface area contributed by atoms with E-state index in [0.29, 0.717) is 13.2 Å². The minimum absolute atomic E-state index is 0. The van der Waals surface area contributed by atoms with Crippen molar-refractivity contribution in [3.63, 3.8) is 0 Å². The monoisotopic (exact) mass is 366 g/mol. The summed E-state index contributed by atoms with van der Waals surface area (Å²) < 4.78 is 34.6. The number of ether oxygens (including phenoxy) is 1. The lowest BCUT2D eigenvalue weighted by molar-refractivity contribution is 0.0577. The van der Waals surface area contributed by atoms with Gasteiger partial charge in [-0.15, -0.1) is 12.4 Å². The first-order valence-corrected chi connectivity index (χ1v) is 9.10. The van der Waals surface area contributed by atoms with E-state index >= 15 is 0 Å². The molecule has 1 aliphatic heterocycles. The van der Waals surface area contributed by atoms with E-state index in [1.807, 2.05) is 13.8 Å². The minimum atomic E-state index is -3.59. The number of imidazole rings is 1. The van der Waals surface area contributed by atoms with Crippen LogP contribution in [0.5, 0.6) is 0 Å². The molecule has 1 saturated heterocycles. The standard InChI is InChI=1S/C14H26N4O3S.ClH/c1-12(2)18-8-13(16-11-18)22(19,20)17-9-14(10-21-3)4-6-15-7-5-14;/h8,11-12,15,17H,4-7,9-10H2,1-3H3;1H.